The van der Waals surface area contributed by atoms with Crippen molar-refractivity contribution in [2.45, 2.75) is 13.8 Å². The molecule has 0 radical (unpaired) electrons. The molecule has 0 fully saturated rings. The molecule has 1 N–H and O–H groups in total. The summed E-state index contributed by atoms with van der Waals surface area (Å²) in [6.07, 6.45) is 0. The van der Waals surface area contributed by atoms with Crippen LogP contribution in [0.1, 0.15) is 21.8 Å². The van der Waals surface area contributed by atoms with E-state index in [0.717, 1.165) is 10.0 Å². The maximum Gasteiger partial charge on any atom is 0.322 e. The quantitative estimate of drug-likeness (QED) is 0.925. The third-order valence-electron chi connectivity index (χ3n) is 2.18. The topological polar surface area (TPSA) is 68.0 Å². The van der Waals surface area contributed by atoms with E-state index >= 15 is 0 Å². The van der Waals surface area contributed by atoms with Crippen molar-refractivity contribution < 1.29 is 9.21 Å². The molecule has 88 valence electrons. The highest BCUT2D eigenvalue weighted by molar-refractivity contribution is 9.10. The van der Waals surface area contributed by atoms with E-state index < -0.39 is 0 Å². The molecule has 0 unspecified atom stereocenters. The van der Waals surface area contributed by atoms with Crippen LogP contribution in [0, 0.1) is 13.8 Å². The lowest BCUT2D eigenvalue weighted by molar-refractivity contribution is 0.102. The van der Waals surface area contributed by atoms with Crippen molar-refractivity contribution in [3.05, 3.63) is 39.7 Å². The summed E-state index contributed by atoms with van der Waals surface area (Å²) >= 11 is 3.37. The van der Waals surface area contributed by atoms with Gasteiger partial charge in [-0.25, -0.2) is 0 Å². The molecule has 5 nitrogen and oxygen atoms in total. The third kappa shape index (κ3) is 2.52. The van der Waals surface area contributed by atoms with Crippen LogP contribution in [0.25, 0.3) is 0 Å². The summed E-state index contributed by atoms with van der Waals surface area (Å²) in [4.78, 5) is 11.9. The SMILES string of the molecule is Cc1nnc(NC(=O)c2cccc(C)c2Br)o1. The van der Waals surface area contributed by atoms with Gasteiger partial charge in [-0.2, -0.15) is 0 Å². The summed E-state index contributed by atoms with van der Waals surface area (Å²) in [5.41, 5.74) is 1.51. The van der Waals surface area contributed by atoms with Gasteiger partial charge in [-0.3, -0.25) is 10.1 Å². The van der Waals surface area contributed by atoms with Crippen LogP contribution in [0.2, 0.25) is 0 Å². The van der Waals surface area contributed by atoms with Crippen LogP contribution in [0.15, 0.2) is 27.1 Å². The molecule has 0 aliphatic heterocycles. The first-order valence-corrected chi connectivity index (χ1v) is 5.74. The molecular formula is C11H10BrN3O2. The van der Waals surface area contributed by atoms with Crippen LogP contribution in [-0.2, 0) is 0 Å². The molecule has 0 spiro atoms. The number of carbonyl (C=O) groups excluding carboxylic acids is 1. The number of halogens is 1. The fourth-order valence-corrected chi connectivity index (χ4v) is 1.78. The highest BCUT2D eigenvalue weighted by Crippen LogP contribution is 2.21. The first-order valence-electron chi connectivity index (χ1n) is 4.94. The van der Waals surface area contributed by atoms with E-state index in [0.29, 0.717) is 11.5 Å². The lowest BCUT2D eigenvalue weighted by Gasteiger charge is -2.05. The van der Waals surface area contributed by atoms with Crippen molar-refractivity contribution in [3.63, 3.8) is 0 Å². The van der Waals surface area contributed by atoms with Gasteiger partial charge in [0.2, 0.25) is 5.89 Å². The van der Waals surface area contributed by atoms with Gasteiger partial charge in [0.05, 0.1) is 5.56 Å². The lowest BCUT2D eigenvalue weighted by atomic mass is 10.1. The van der Waals surface area contributed by atoms with Gasteiger partial charge in [-0.15, -0.1) is 5.10 Å². The molecule has 1 amide bonds. The van der Waals surface area contributed by atoms with E-state index in [1.54, 1.807) is 13.0 Å². The van der Waals surface area contributed by atoms with Crippen LogP contribution in [-0.4, -0.2) is 16.1 Å². The Labute approximate surface area is 106 Å². The molecule has 1 heterocycles. The Kier molecular flexibility index (Phi) is 3.23. The number of benzene rings is 1. The fourth-order valence-electron chi connectivity index (χ4n) is 1.33. The number of carbonyl (C=O) groups is 1. The minimum atomic E-state index is -0.288. The standard InChI is InChI=1S/C11H10BrN3O2/c1-6-4-3-5-8(9(6)12)10(16)13-11-15-14-7(2)17-11/h3-5H,1-2H3,(H,13,15,16). The minimum absolute atomic E-state index is 0.0981. The van der Waals surface area contributed by atoms with Crippen molar-refractivity contribution >= 4 is 27.9 Å². The minimum Gasteiger partial charge on any atom is -0.408 e. The van der Waals surface area contributed by atoms with E-state index in [4.69, 9.17) is 4.42 Å². The number of rotatable bonds is 2. The van der Waals surface area contributed by atoms with Gasteiger partial charge < -0.3 is 4.42 Å². The molecule has 0 atom stereocenters. The fraction of sp³-hybridized carbons (Fsp3) is 0.182. The molecule has 6 heteroatoms. The number of nitrogens with zero attached hydrogens (tertiary/aromatic N) is 2. The van der Waals surface area contributed by atoms with Crippen LogP contribution >= 0.6 is 15.9 Å². The summed E-state index contributed by atoms with van der Waals surface area (Å²) in [7, 11) is 0. The Bertz CT molecular complexity index is 566. The smallest absolute Gasteiger partial charge is 0.322 e. The predicted molar refractivity (Wildman–Crippen MR) is 65.9 cm³/mol. The Morgan fingerprint density at radius 3 is 2.76 bits per heavy atom. The number of hydrogen-bond acceptors (Lipinski definition) is 4. The first kappa shape index (κ1) is 11.8. The predicted octanol–water partition coefficient (Wildman–Crippen LogP) is 2.70. The zero-order chi connectivity index (χ0) is 12.4. The molecule has 1 aromatic heterocycles. The Morgan fingerprint density at radius 1 is 1.35 bits per heavy atom. The molecule has 17 heavy (non-hydrogen) atoms. The molecule has 0 aliphatic carbocycles. The van der Waals surface area contributed by atoms with Gasteiger partial charge in [0.1, 0.15) is 0 Å². The summed E-state index contributed by atoms with van der Waals surface area (Å²) in [5, 5.41) is 9.87. The molecule has 0 aliphatic rings. The van der Waals surface area contributed by atoms with Crippen LogP contribution in [0.4, 0.5) is 6.01 Å². The summed E-state index contributed by atoms with van der Waals surface area (Å²) in [5.74, 6) is 0.118. The molecule has 2 rings (SSSR count). The Morgan fingerprint density at radius 2 is 2.12 bits per heavy atom. The van der Waals surface area contributed by atoms with Gasteiger partial charge in [0.15, 0.2) is 0 Å². The Hall–Kier alpha value is -1.69. The van der Waals surface area contributed by atoms with E-state index in [9.17, 15) is 4.79 Å². The van der Waals surface area contributed by atoms with Crippen molar-refractivity contribution in [1.82, 2.24) is 10.2 Å². The summed E-state index contributed by atoms with van der Waals surface area (Å²) in [6.45, 7) is 3.57. The highest BCUT2D eigenvalue weighted by Gasteiger charge is 2.13. The molecule has 0 saturated heterocycles. The molecular weight excluding hydrogens is 286 g/mol. The van der Waals surface area contributed by atoms with Gasteiger partial charge >= 0.3 is 6.01 Å². The average molecular weight is 296 g/mol. The van der Waals surface area contributed by atoms with Gasteiger partial charge in [0.25, 0.3) is 5.91 Å². The number of aromatic nitrogens is 2. The first-order chi connectivity index (χ1) is 8.08. The number of anilines is 1. The van der Waals surface area contributed by atoms with Crippen LogP contribution in [0.5, 0.6) is 0 Å². The Balaban J connectivity index is 2.23. The number of amides is 1. The maximum atomic E-state index is 11.9. The van der Waals surface area contributed by atoms with Crippen molar-refractivity contribution in [2.75, 3.05) is 5.32 Å². The third-order valence-corrected chi connectivity index (χ3v) is 3.24. The van der Waals surface area contributed by atoms with E-state index in [1.165, 1.54) is 0 Å². The summed E-state index contributed by atoms with van der Waals surface area (Å²) in [6, 6.07) is 5.54. The van der Waals surface area contributed by atoms with Crippen LogP contribution in [0.3, 0.4) is 0 Å². The zero-order valence-electron chi connectivity index (χ0n) is 9.32. The second-order valence-electron chi connectivity index (χ2n) is 3.52. The van der Waals surface area contributed by atoms with Gasteiger partial charge in [-0.05, 0) is 34.5 Å². The summed E-state index contributed by atoms with van der Waals surface area (Å²) < 4.78 is 5.83. The second-order valence-corrected chi connectivity index (χ2v) is 4.31. The molecule has 2 aromatic rings. The largest absolute Gasteiger partial charge is 0.408 e. The van der Waals surface area contributed by atoms with Crippen molar-refractivity contribution in [1.29, 1.82) is 0 Å². The maximum absolute atomic E-state index is 11.9. The van der Waals surface area contributed by atoms with Gasteiger partial charge in [-0.1, -0.05) is 17.2 Å². The number of nitrogens with one attached hydrogen (secondary N) is 1. The number of hydrogen-bond donors (Lipinski definition) is 1. The number of aryl methyl sites for hydroxylation is 2. The monoisotopic (exact) mass is 295 g/mol. The van der Waals surface area contributed by atoms with E-state index in [1.807, 2.05) is 19.1 Å². The zero-order valence-corrected chi connectivity index (χ0v) is 10.9. The second kappa shape index (κ2) is 4.67. The highest BCUT2D eigenvalue weighted by atomic mass is 79.9. The van der Waals surface area contributed by atoms with Crippen molar-refractivity contribution in [3.8, 4) is 0 Å². The van der Waals surface area contributed by atoms with Gasteiger partial charge in [0, 0.05) is 11.4 Å². The van der Waals surface area contributed by atoms with Crippen LogP contribution < -0.4 is 5.32 Å². The van der Waals surface area contributed by atoms with E-state index in [-0.39, 0.29) is 11.9 Å². The molecule has 0 bridgehead atoms. The molecule has 0 saturated carbocycles. The lowest BCUT2D eigenvalue weighted by Crippen LogP contribution is -2.13. The normalized spacial score (nSPS) is 10.3. The van der Waals surface area contributed by atoms with E-state index in [2.05, 4.69) is 31.4 Å². The van der Waals surface area contributed by atoms with Crippen molar-refractivity contribution in [2.24, 2.45) is 0 Å². The molecule has 1 aromatic carbocycles. The average Bonchev–Trinajstić information content (AvgIpc) is 2.68.